The minimum Gasteiger partial charge on any atom is -0.329 e. The molecule has 96 valence electrons. The van der Waals surface area contributed by atoms with Gasteiger partial charge in [-0.2, -0.15) is 13.2 Å². The molecule has 0 aliphatic carbocycles. The molecule has 0 spiro atoms. The molecule has 2 atom stereocenters. The molecule has 0 bridgehead atoms. The number of carbonyl (C=O) groups excluding carboxylic acids is 2. The second-order valence-electron chi connectivity index (χ2n) is 4.45. The SMILES string of the molecule is CC1C(=O)N2CCCC2C(=O)N1CC(F)(F)F. The van der Waals surface area contributed by atoms with Gasteiger partial charge in [0.25, 0.3) is 0 Å². The van der Waals surface area contributed by atoms with Crippen LogP contribution in [-0.4, -0.2) is 53.0 Å². The van der Waals surface area contributed by atoms with E-state index in [0.717, 1.165) is 0 Å². The lowest BCUT2D eigenvalue weighted by atomic mass is 10.1. The quantitative estimate of drug-likeness (QED) is 0.689. The third-order valence-electron chi connectivity index (χ3n) is 3.28. The number of halogens is 3. The van der Waals surface area contributed by atoms with Crippen LogP contribution in [-0.2, 0) is 9.59 Å². The van der Waals surface area contributed by atoms with E-state index in [4.69, 9.17) is 0 Å². The summed E-state index contributed by atoms with van der Waals surface area (Å²) in [4.78, 5) is 25.7. The van der Waals surface area contributed by atoms with Crippen LogP contribution in [0.1, 0.15) is 19.8 Å². The van der Waals surface area contributed by atoms with Crippen LogP contribution in [0.2, 0.25) is 0 Å². The Kier molecular flexibility index (Phi) is 2.79. The molecule has 2 heterocycles. The topological polar surface area (TPSA) is 40.6 Å². The monoisotopic (exact) mass is 250 g/mol. The van der Waals surface area contributed by atoms with E-state index in [0.29, 0.717) is 24.3 Å². The van der Waals surface area contributed by atoms with Crippen molar-refractivity contribution in [3.05, 3.63) is 0 Å². The molecule has 0 aromatic heterocycles. The van der Waals surface area contributed by atoms with Crippen molar-refractivity contribution < 1.29 is 22.8 Å². The first-order chi connectivity index (χ1) is 7.81. The highest BCUT2D eigenvalue weighted by Gasteiger charge is 2.48. The van der Waals surface area contributed by atoms with Crippen molar-refractivity contribution >= 4 is 11.8 Å². The van der Waals surface area contributed by atoms with Gasteiger partial charge in [0.1, 0.15) is 18.6 Å². The maximum atomic E-state index is 12.3. The van der Waals surface area contributed by atoms with Crippen LogP contribution in [0.4, 0.5) is 13.2 Å². The van der Waals surface area contributed by atoms with Crippen molar-refractivity contribution in [1.82, 2.24) is 9.80 Å². The van der Waals surface area contributed by atoms with Crippen LogP contribution in [0.3, 0.4) is 0 Å². The van der Waals surface area contributed by atoms with Gasteiger partial charge < -0.3 is 9.80 Å². The Balaban J connectivity index is 2.21. The molecule has 0 N–H and O–H groups in total. The molecule has 2 aliphatic rings. The highest BCUT2D eigenvalue weighted by Crippen LogP contribution is 2.29. The largest absolute Gasteiger partial charge is 0.406 e. The van der Waals surface area contributed by atoms with Gasteiger partial charge in [0.05, 0.1) is 0 Å². The smallest absolute Gasteiger partial charge is 0.329 e. The highest BCUT2D eigenvalue weighted by atomic mass is 19.4. The van der Waals surface area contributed by atoms with E-state index < -0.39 is 30.7 Å². The Bertz CT molecular complexity index is 356. The van der Waals surface area contributed by atoms with Crippen LogP contribution in [0.5, 0.6) is 0 Å². The van der Waals surface area contributed by atoms with Crippen LogP contribution in [0.25, 0.3) is 0 Å². The van der Waals surface area contributed by atoms with E-state index in [9.17, 15) is 22.8 Å². The summed E-state index contributed by atoms with van der Waals surface area (Å²) in [5, 5.41) is 0. The number of piperazine rings is 1. The first-order valence-corrected chi connectivity index (χ1v) is 5.49. The van der Waals surface area contributed by atoms with E-state index >= 15 is 0 Å². The van der Waals surface area contributed by atoms with Crippen molar-refractivity contribution in [3.8, 4) is 0 Å². The third kappa shape index (κ3) is 2.10. The zero-order chi connectivity index (χ0) is 12.8. The Hall–Kier alpha value is -1.27. The van der Waals surface area contributed by atoms with Crippen LogP contribution in [0, 0.1) is 0 Å². The zero-order valence-electron chi connectivity index (χ0n) is 9.33. The lowest BCUT2D eigenvalue weighted by Gasteiger charge is -2.41. The molecule has 2 amide bonds. The van der Waals surface area contributed by atoms with Gasteiger partial charge in [-0.3, -0.25) is 9.59 Å². The molecule has 2 rings (SSSR count). The molecular weight excluding hydrogens is 237 g/mol. The standard InChI is InChI=1S/C10H13F3N2O2/c1-6-8(16)14-4-2-3-7(14)9(17)15(6)5-10(11,12)13/h6-7H,2-5H2,1H3. The summed E-state index contributed by atoms with van der Waals surface area (Å²) in [6.45, 7) is 0.475. The van der Waals surface area contributed by atoms with Crippen molar-refractivity contribution in [3.63, 3.8) is 0 Å². The average molecular weight is 250 g/mol. The number of carbonyl (C=O) groups is 2. The molecule has 17 heavy (non-hydrogen) atoms. The molecule has 4 nitrogen and oxygen atoms in total. The molecule has 2 saturated heterocycles. The van der Waals surface area contributed by atoms with E-state index in [1.54, 1.807) is 0 Å². The second kappa shape index (κ2) is 3.89. The fourth-order valence-corrected chi connectivity index (χ4v) is 2.45. The summed E-state index contributed by atoms with van der Waals surface area (Å²) in [6.07, 6.45) is -3.33. The molecule has 0 saturated carbocycles. The maximum absolute atomic E-state index is 12.3. The number of alkyl halides is 3. The molecule has 2 fully saturated rings. The van der Waals surface area contributed by atoms with E-state index in [1.807, 2.05) is 0 Å². The lowest BCUT2D eigenvalue weighted by Crippen LogP contribution is -2.63. The maximum Gasteiger partial charge on any atom is 0.406 e. The Morgan fingerprint density at radius 3 is 2.53 bits per heavy atom. The van der Waals surface area contributed by atoms with Crippen LogP contribution < -0.4 is 0 Å². The fourth-order valence-electron chi connectivity index (χ4n) is 2.45. The van der Waals surface area contributed by atoms with Crippen molar-refractivity contribution in [2.45, 2.75) is 38.0 Å². The van der Waals surface area contributed by atoms with Gasteiger partial charge in [0.2, 0.25) is 11.8 Å². The summed E-state index contributed by atoms with van der Waals surface area (Å²) < 4.78 is 37.0. The number of hydrogen-bond acceptors (Lipinski definition) is 2. The number of fused-ring (bicyclic) bond motifs is 1. The molecule has 0 aromatic carbocycles. The fraction of sp³-hybridized carbons (Fsp3) is 0.800. The van der Waals surface area contributed by atoms with Gasteiger partial charge in [0.15, 0.2) is 0 Å². The summed E-state index contributed by atoms with van der Waals surface area (Å²) in [5.41, 5.74) is 0. The van der Waals surface area contributed by atoms with E-state index in [1.165, 1.54) is 11.8 Å². The first kappa shape index (κ1) is 12.2. The van der Waals surface area contributed by atoms with E-state index in [2.05, 4.69) is 0 Å². The average Bonchev–Trinajstić information content (AvgIpc) is 2.69. The Morgan fingerprint density at radius 1 is 1.29 bits per heavy atom. The van der Waals surface area contributed by atoms with Crippen molar-refractivity contribution in [2.24, 2.45) is 0 Å². The molecule has 2 unspecified atom stereocenters. The molecular formula is C10H13F3N2O2. The minimum atomic E-state index is -4.47. The van der Waals surface area contributed by atoms with Crippen molar-refractivity contribution in [1.29, 1.82) is 0 Å². The molecule has 0 aromatic rings. The highest BCUT2D eigenvalue weighted by molar-refractivity contribution is 5.97. The normalized spacial score (nSPS) is 29.9. The minimum absolute atomic E-state index is 0.378. The summed E-state index contributed by atoms with van der Waals surface area (Å²) in [5.74, 6) is -0.955. The van der Waals surface area contributed by atoms with Gasteiger partial charge in [-0.05, 0) is 19.8 Å². The van der Waals surface area contributed by atoms with Gasteiger partial charge in [-0.1, -0.05) is 0 Å². The Labute approximate surface area is 96.4 Å². The van der Waals surface area contributed by atoms with Gasteiger partial charge in [-0.25, -0.2) is 0 Å². The molecule has 7 heteroatoms. The number of hydrogen-bond donors (Lipinski definition) is 0. The summed E-state index contributed by atoms with van der Waals surface area (Å²) in [6, 6.07) is -1.69. The predicted molar refractivity (Wildman–Crippen MR) is 52.0 cm³/mol. The number of nitrogens with zero attached hydrogens (tertiary/aromatic N) is 2. The molecule has 2 aliphatic heterocycles. The third-order valence-corrected chi connectivity index (χ3v) is 3.28. The predicted octanol–water partition coefficient (Wildman–Crippen LogP) is 0.770. The van der Waals surface area contributed by atoms with Crippen molar-refractivity contribution in [2.75, 3.05) is 13.1 Å². The van der Waals surface area contributed by atoms with Gasteiger partial charge in [-0.15, -0.1) is 0 Å². The van der Waals surface area contributed by atoms with Gasteiger partial charge in [0, 0.05) is 6.54 Å². The first-order valence-electron chi connectivity index (χ1n) is 5.49. The second-order valence-corrected chi connectivity index (χ2v) is 4.45. The lowest BCUT2D eigenvalue weighted by molar-refractivity contribution is -0.179. The van der Waals surface area contributed by atoms with E-state index in [-0.39, 0.29) is 5.91 Å². The summed E-state index contributed by atoms with van der Waals surface area (Å²) in [7, 11) is 0. The van der Waals surface area contributed by atoms with Crippen LogP contribution >= 0.6 is 0 Å². The zero-order valence-corrected chi connectivity index (χ0v) is 9.33. The number of rotatable bonds is 1. The summed E-state index contributed by atoms with van der Waals surface area (Å²) >= 11 is 0. The Morgan fingerprint density at radius 2 is 1.94 bits per heavy atom. The van der Waals surface area contributed by atoms with Crippen LogP contribution in [0.15, 0.2) is 0 Å². The number of amides is 2. The van der Waals surface area contributed by atoms with Gasteiger partial charge >= 0.3 is 6.18 Å². The molecule has 0 radical (unpaired) electrons.